The van der Waals surface area contributed by atoms with Crippen LogP contribution in [0.15, 0.2) is 42.5 Å². The van der Waals surface area contributed by atoms with Crippen LogP contribution in [-0.2, 0) is 16.0 Å². The number of halogens is 2. The lowest BCUT2D eigenvalue weighted by Crippen LogP contribution is -2.37. The van der Waals surface area contributed by atoms with E-state index in [-0.39, 0.29) is 24.5 Å². The van der Waals surface area contributed by atoms with Crippen LogP contribution in [0.4, 0.5) is 5.69 Å². The van der Waals surface area contributed by atoms with Gasteiger partial charge in [-0.3, -0.25) is 9.59 Å². The molecule has 1 unspecified atom stereocenters. The van der Waals surface area contributed by atoms with Gasteiger partial charge in [-0.2, -0.15) is 0 Å². The topological polar surface area (TPSA) is 58.6 Å². The molecule has 0 aromatic heterocycles. The van der Waals surface area contributed by atoms with Gasteiger partial charge in [0.15, 0.2) is 6.61 Å². The number of nitrogens with zero attached hydrogens (tertiary/aromatic N) is 1. The van der Waals surface area contributed by atoms with Crippen LogP contribution >= 0.6 is 23.2 Å². The van der Waals surface area contributed by atoms with Gasteiger partial charge in [0.05, 0.1) is 0 Å². The monoisotopic (exact) mass is 420 g/mol. The van der Waals surface area contributed by atoms with Crippen LogP contribution in [0.25, 0.3) is 0 Å². The number of amides is 2. The molecule has 148 valence electrons. The summed E-state index contributed by atoms with van der Waals surface area (Å²) in [7, 11) is 0. The van der Waals surface area contributed by atoms with Crippen LogP contribution in [0.5, 0.6) is 5.75 Å². The first-order valence-electron chi connectivity index (χ1n) is 9.19. The normalized spacial score (nSPS) is 14.8. The van der Waals surface area contributed by atoms with E-state index < -0.39 is 0 Å². The first kappa shape index (κ1) is 20.5. The molecule has 5 nitrogen and oxygen atoms in total. The van der Waals surface area contributed by atoms with E-state index in [0.717, 1.165) is 24.2 Å². The van der Waals surface area contributed by atoms with Gasteiger partial charge in [0.1, 0.15) is 5.75 Å². The second kappa shape index (κ2) is 9.30. The summed E-state index contributed by atoms with van der Waals surface area (Å²) in [5.41, 5.74) is 1.78. The lowest BCUT2D eigenvalue weighted by molar-refractivity contribution is -0.123. The van der Waals surface area contributed by atoms with E-state index in [9.17, 15) is 9.59 Å². The predicted octanol–water partition coefficient (Wildman–Crippen LogP) is 4.25. The van der Waals surface area contributed by atoms with Crippen LogP contribution in [0, 0.1) is 0 Å². The summed E-state index contributed by atoms with van der Waals surface area (Å²) >= 11 is 12.1. The summed E-state index contributed by atoms with van der Waals surface area (Å²) in [5.74, 6) is 0.512. The van der Waals surface area contributed by atoms with Gasteiger partial charge >= 0.3 is 0 Å². The van der Waals surface area contributed by atoms with Crippen LogP contribution in [0.2, 0.25) is 10.0 Å². The van der Waals surface area contributed by atoms with Crippen molar-refractivity contribution in [3.05, 3.63) is 58.1 Å². The molecule has 0 bridgehead atoms. The molecule has 0 radical (unpaired) electrons. The van der Waals surface area contributed by atoms with E-state index in [4.69, 9.17) is 27.9 Å². The van der Waals surface area contributed by atoms with E-state index >= 15 is 0 Å². The highest BCUT2D eigenvalue weighted by molar-refractivity contribution is 6.35. The molecule has 7 heteroatoms. The van der Waals surface area contributed by atoms with Gasteiger partial charge in [0.2, 0.25) is 5.91 Å². The van der Waals surface area contributed by atoms with Crippen LogP contribution in [0.3, 0.4) is 0 Å². The van der Waals surface area contributed by atoms with Crippen molar-refractivity contribution in [1.29, 1.82) is 0 Å². The highest BCUT2D eigenvalue weighted by Crippen LogP contribution is 2.24. The minimum atomic E-state index is -0.212. The number of anilines is 1. The maximum Gasteiger partial charge on any atom is 0.258 e. The molecule has 2 amide bonds. The van der Waals surface area contributed by atoms with E-state index in [1.165, 1.54) is 0 Å². The number of benzene rings is 2. The first-order valence-corrected chi connectivity index (χ1v) is 9.94. The number of hydrogen-bond donors (Lipinski definition) is 1. The highest BCUT2D eigenvalue weighted by Gasteiger charge is 2.21. The van der Waals surface area contributed by atoms with E-state index in [2.05, 4.69) is 5.32 Å². The molecule has 28 heavy (non-hydrogen) atoms. The molecule has 0 saturated carbocycles. The van der Waals surface area contributed by atoms with Gasteiger partial charge in [-0.1, -0.05) is 29.3 Å². The lowest BCUT2D eigenvalue weighted by atomic mass is 10.1. The molecule has 1 fully saturated rings. The van der Waals surface area contributed by atoms with Crippen molar-refractivity contribution in [3.8, 4) is 5.75 Å². The van der Waals surface area contributed by atoms with Crippen molar-refractivity contribution in [2.75, 3.05) is 18.1 Å². The number of ether oxygens (including phenoxy) is 1. The molecule has 1 aliphatic heterocycles. The van der Waals surface area contributed by atoms with Crippen molar-refractivity contribution >= 4 is 40.7 Å². The fourth-order valence-electron chi connectivity index (χ4n) is 3.18. The summed E-state index contributed by atoms with van der Waals surface area (Å²) in [6, 6.07) is 12.4. The Bertz CT molecular complexity index is 855. The highest BCUT2D eigenvalue weighted by atomic mass is 35.5. The zero-order valence-electron chi connectivity index (χ0n) is 15.6. The third-order valence-corrected chi connectivity index (χ3v) is 5.13. The summed E-state index contributed by atoms with van der Waals surface area (Å²) in [4.78, 5) is 25.7. The minimum absolute atomic E-state index is 0.0827. The summed E-state index contributed by atoms with van der Waals surface area (Å²) in [6.45, 7) is 2.57. The van der Waals surface area contributed by atoms with Crippen molar-refractivity contribution in [2.24, 2.45) is 0 Å². The Morgan fingerprint density at radius 1 is 1.21 bits per heavy atom. The van der Waals surface area contributed by atoms with Crippen LogP contribution < -0.4 is 15.0 Å². The minimum Gasteiger partial charge on any atom is -0.484 e. The first-order chi connectivity index (χ1) is 13.4. The van der Waals surface area contributed by atoms with Gasteiger partial charge in [-0.25, -0.2) is 0 Å². The van der Waals surface area contributed by atoms with Gasteiger partial charge in [0, 0.05) is 34.7 Å². The second-order valence-electron chi connectivity index (χ2n) is 6.84. The zero-order chi connectivity index (χ0) is 20.1. The average molecular weight is 421 g/mol. The molecule has 1 N–H and O–H groups in total. The summed E-state index contributed by atoms with van der Waals surface area (Å²) in [5, 5.41) is 4.06. The molecular formula is C21H22Cl2N2O3. The SMILES string of the molecule is CC(Cc1ccc(Cl)cc1Cl)NC(=O)COc1ccc(N2CCCC2=O)cc1. The van der Waals surface area contributed by atoms with Crippen molar-refractivity contribution in [3.63, 3.8) is 0 Å². The summed E-state index contributed by atoms with van der Waals surface area (Å²) in [6.07, 6.45) is 2.08. The van der Waals surface area contributed by atoms with Gasteiger partial charge in [-0.05, 0) is 61.7 Å². The fraction of sp³-hybridized carbons (Fsp3) is 0.333. The third-order valence-electron chi connectivity index (χ3n) is 4.54. The predicted molar refractivity (Wildman–Crippen MR) is 111 cm³/mol. The molecule has 1 saturated heterocycles. The van der Waals surface area contributed by atoms with Crippen molar-refractivity contribution in [2.45, 2.75) is 32.2 Å². The molecule has 1 atom stereocenters. The van der Waals surface area contributed by atoms with E-state index in [1.807, 2.05) is 25.1 Å². The third kappa shape index (κ3) is 5.40. The lowest BCUT2D eigenvalue weighted by Gasteiger charge is -2.17. The zero-order valence-corrected chi connectivity index (χ0v) is 17.1. The van der Waals surface area contributed by atoms with Gasteiger partial charge < -0.3 is 15.0 Å². The molecule has 0 spiro atoms. The number of carbonyl (C=O) groups excluding carboxylic acids is 2. The Morgan fingerprint density at radius 2 is 1.96 bits per heavy atom. The molecule has 2 aromatic rings. The Hall–Kier alpha value is -2.24. The maximum absolute atomic E-state index is 12.1. The Morgan fingerprint density at radius 3 is 2.61 bits per heavy atom. The van der Waals surface area contributed by atoms with E-state index in [0.29, 0.717) is 28.6 Å². The molecule has 1 aliphatic rings. The quantitative estimate of drug-likeness (QED) is 0.728. The number of carbonyl (C=O) groups is 2. The van der Waals surface area contributed by atoms with Gasteiger partial charge in [-0.15, -0.1) is 0 Å². The standard InChI is InChI=1S/C21H22Cl2N2O3/c1-14(11-15-4-5-16(22)12-19(15)23)24-20(26)13-28-18-8-6-17(7-9-18)25-10-2-3-21(25)27/h4-9,12,14H,2-3,10-11,13H2,1H3,(H,24,26). The maximum atomic E-state index is 12.1. The smallest absolute Gasteiger partial charge is 0.258 e. The second-order valence-corrected chi connectivity index (χ2v) is 7.68. The molecule has 2 aromatic carbocycles. The Kier molecular flexibility index (Phi) is 6.81. The molecular weight excluding hydrogens is 399 g/mol. The number of rotatable bonds is 7. The number of nitrogens with one attached hydrogen (secondary N) is 1. The van der Waals surface area contributed by atoms with Crippen molar-refractivity contribution in [1.82, 2.24) is 5.32 Å². The number of hydrogen-bond acceptors (Lipinski definition) is 3. The Balaban J connectivity index is 1.46. The van der Waals surface area contributed by atoms with Crippen LogP contribution in [0.1, 0.15) is 25.3 Å². The molecule has 1 heterocycles. The largest absolute Gasteiger partial charge is 0.484 e. The van der Waals surface area contributed by atoms with Crippen molar-refractivity contribution < 1.29 is 14.3 Å². The molecule has 3 rings (SSSR count). The fourth-order valence-corrected chi connectivity index (χ4v) is 3.66. The van der Waals surface area contributed by atoms with Crippen LogP contribution in [-0.4, -0.2) is 31.0 Å². The van der Waals surface area contributed by atoms with Gasteiger partial charge in [0.25, 0.3) is 5.91 Å². The summed E-state index contributed by atoms with van der Waals surface area (Å²) < 4.78 is 5.54. The average Bonchev–Trinajstić information content (AvgIpc) is 3.09. The molecule has 0 aliphatic carbocycles. The Labute approximate surface area is 174 Å². The van der Waals surface area contributed by atoms with E-state index in [1.54, 1.807) is 29.2 Å².